The maximum absolute atomic E-state index is 12.5. The Morgan fingerprint density at radius 1 is 1.40 bits per heavy atom. The highest BCUT2D eigenvalue weighted by atomic mass is 35.5. The second-order valence-electron chi connectivity index (χ2n) is 3.34. The molecular weight excluding hydrogens is 227 g/mol. The fourth-order valence-corrected chi connectivity index (χ4v) is 1.47. The number of aryl methyl sites for hydroxylation is 1. The molecule has 5 heteroatoms. The molecular formula is C10H11ClF3N. The van der Waals surface area contributed by atoms with Gasteiger partial charge in [-0.1, -0.05) is 23.7 Å². The third kappa shape index (κ3) is 2.86. The Morgan fingerprint density at radius 2 is 2.00 bits per heavy atom. The van der Waals surface area contributed by atoms with E-state index in [-0.39, 0.29) is 5.56 Å². The van der Waals surface area contributed by atoms with E-state index < -0.39 is 18.6 Å². The molecule has 0 aliphatic heterocycles. The molecule has 0 saturated heterocycles. The molecule has 1 unspecified atom stereocenters. The van der Waals surface area contributed by atoms with E-state index in [1.54, 1.807) is 13.0 Å². The standard InChI is InChI=1S/C10H11ClF3N/c1-6-2-3-7(4-9(6)11)8(5-15)10(12,13)14/h2-4,8H,5,15H2,1H3. The van der Waals surface area contributed by atoms with Crippen LogP contribution in [0.5, 0.6) is 0 Å². The monoisotopic (exact) mass is 237 g/mol. The summed E-state index contributed by atoms with van der Waals surface area (Å²) < 4.78 is 37.5. The first-order chi connectivity index (χ1) is 6.86. The van der Waals surface area contributed by atoms with Crippen molar-refractivity contribution in [2.75, 3.05) is 6.54 Å². The highest BCUT2D eigenvalue weighted by Gasteiger charge is 2.39. The molecule has 0 fully saturated rings. The number of halogens is 4. The van der Waals surface area contributed by atoms with Crippen LogP contribution in [-0.2, 0) is 0 Å². The molecule has 1 atom stereocenters. The van der Waals surface area contributed by atoms with Gasteiger partial charge in [0.25, 0.3) is 0 Å². The summed E-state index contributed by atoms with van der Waals surface area (Å²) in [6.07, 6.45) is -4.33. The van der Waals surface area contributed by atoms with Crippen LogP contribution in [0.25, 0.3) is 0 Å². The van der Waals surface area contributed by atoms with Gasteiger partial charge < -0.3 is 5.73 Å². The van der Waals surface area contributed by atoms with E-state index >= 15 is 0 Å². The third-order valence-electron chi connectivity index (χ3n) is 2.23. The first-order valence-electron chi connectivity index (χ1n) is 4.39. The highest BCUT2D eigenvalue weighted by Crippen LogP contribution is 2.35. The maximum atomic E-state index is 12.5. The van der Waals surface area contributed by atoms with Gasteiger partial charge in [-0.05, 0) is 24.1 Å². The van der Waals surface area contributed by atoms with Crippen LogP contribution in [0.3, 0.4) is 0 Å². The third-order valence-corrected chi connectivity index (χ3v) is 2.64. The van der Waals surface area contributed by atoms with Crippen LogP contribution in [-0.4, -0.2) is 12.7 Å². The molecule has 0 amide bonds. The van der Waals surface area contributed by atoms with Crippen LogP contribution in [0.2, 0.25) is 5.02 Å². The fourth-order valence-electron chi connectivity index (χ4n) is 1.28. The molecule has 1 nitrogen and oxygen atoms in total. The van der Waals surface area contributed by atoms with Crippen LogP contribution in [0.1, 0.15) is 17.0 Å². The number of hydrogen-bond donors (Lipinski definition) is 1. The molecule has 15 heavy (non-hydrogen) atoms. The Hall–Kier alpha value is -0.740. The van der Waals surface area contributed by atoms with Gasteiger partial charge in [0.05, 0.1) is 5.92 Å². The number of nitrogens with two attached hydrogens (primary N) is 1. The molecule has 0 heterocycles. The second kappa shape index (κ2) is 4.41. The van der Waals surface area contributed by atoms with Crippen molar-refractivity contribution in [1.29, 1.82) is 0 Å². The zero-order valence-electron chi connectivity index (χ0n) is 8.11. The SMILES string of the molecule is Cc1ccc(C(CN)C(F)(F)F)cc1Cl. The Balaban J connectivity index is 3.08. The van der Waals surface area contributed by atoms with Crippen molar-refractivity contribution in [1.82, 2.24) is 0 Å². The lowest BCUT2D eigenvalue weighted by atomic mass is 9.98. The molecule has 0 aromatic heterocycles. The van der Waals surface area contributed by atoms with Crippen molar-refractivity contribution in [3.8, 4) is 0 Å². The molecule has 0 spiro atoms. The Labute approximate surface area is 91.0 Å². The van der Waals surface area contributed by atoms with Gasteiger partial charge >= 0.3 is 6.18 Å². The summed E-state index contributed by atoms with van der Waals surface area (Å²) >= 11 is 5.76. The summed E-state index contributed by atoms with van der Waals surface area (Å²) in [5.41, 5.74) is 5.98. The van der Waals surface area contributed by atoms with Crippen LogP contribution in [0.15, 0.2) is 18.2 Å². The van der Waals surface area contributed by atoms with Gasteiger partial charge in [0.2, 0.25) is 0 Å². The first kappa shape index (κ1) is 12.3. The second-order valence-corrected chi connectivity index (χ2v) is 3.75. The van der Waals surface area contributed by atoms with Gasteiger partial charge in [-0.2, -0.15) is 13.2 Å². The minimum atomic E-state index is -4.33. The maximum Gasteiger partial charge on any atom is 0.396 e. The summed E-state index contributed by atoms with van der Waals surface area (Å²) in [4.78, 5) is 0. The molecule has 1 rings (SSSR count). The molecule has 84 valence electrons. The summed E-state index contributed by atoms with van der Waals surface area (Å²) in [6.45, 7) is 1.26. The normalized spacial score (nSPS) is 14.0. The smallest absolute Gasteiger partial charge is 0.330 e. The quantitative estimate of drug-likeness (QED) is 0.840. The van der Waals surface area contributed by atoms with Gasteiger partial charge in [0.15, 0.2) is 0 Å². The number of hydrogen-bond acceptors (Lipinski definition) is 1. The fraction of sp³-hybridized carbons (Fsp3) is 0.400. The van der Waals surface area contributed by atoms with Gasteiger partial charge in [0, 0.05) is 11.6 Å². The minimum Gasteiger partial charge on any atom is -0.330 e. The van der Waals surface area contributed by atoms with Crippen molar-refractivity contribution in [2.24, 2.45) is 5.73 Å². The van der Waals surface area contributed by atoms with E-state index in [2.05, 4.69) is 0 Å². The lowest BCUT2D eigenvalue weighted by Crippen LogP contribution is -2.28. The Kier molecular flexibility index (Phi) is 3.62. The summed E-state index contributed by atoms with van der Waals surface area (Å²) in [5, 5.41) is 0.329. The molecule has 0 bridgehead atoms. The van der Waals surface area contributed by atoms with E-state index in [9.17, 15) is 13.2 Å². The largest absolute Gasteiger partial charge is 0.396 e. The van der Waals surface area contributed by atoms with E-state index in [0.29, 0.717) is 5.02 Å². The topological polar surface area (TPSA) is 26.0 Å². The average Bonchev–Trinajstić information content (AvgIpc) is 2.10. The number of alkyl halides is 3. The van der Waals surface area contributed by atoms with Crippen molar-refractivity contribution in [3.05, 3.63) is 34.3 Å². The minimum absolute atomic E-state index is 0.112. The van der Waals surface area contributed by atoms with Gasteiger partial charge in [-0.15, -0.1) is 0 Å². The zero-order valence-corrected chi connectivity index (χ0v) is 8.86. The molecule has 0 saturated carbocycles. The van der Waals surface area contributed by atoms with Crippen molar-refractivity contribution < 1.29 is 13.2 Å². The van der Waals surface area contributed by atoms with E-state index in [0.717, 1.165) is 5.56 Å². The van der Waals surface area contributed by atoms with Gasteiger partial charge in [0.1, 0.15) is 0 Å². The predicted octanol–water partition coefficient (Wildman–Crippen LogP) is 3.25. The summed E-state index contributed by atoms with van der Waals surface area (Å²) in [6, 6.07) is 4.29. The van der Waals surface area contributed by atoms with E-state index in [1.807, 2.05) is 0 Å². The summed E-state index contributed by atoms with van der Waals surface area (Å²) in [7, 11) is 0. The molecule has 0 aliphatic rings. The van der Waals surface area contributed by atoms with Gasteiger partial charge in [-0.3, -0.25) is 0 Å². The van der Waals surface area contributed by atoms with Crippen molar-refractivity contribution >= 4 is 11.6 Å². The van der Waals surface area contributed by atoms with Crippen molar-refractivity contribution in [3.63, 3.8) is 0 Å². The molecule has 0 radical (unpaired) electrons. The molecule has 1 aromatic rings. The number of benzene rings is 1. The van der Waals surface area contributed by atoms with Crippen LogP contribution in [0, 0.1) is 6.92 Å². The lowest BCUT2D eigenvalue weighted by Gasteiger charge is -2.19. The average molecular weight is 238 g/mol. The van der Waals surface area contributed by atoms with E-state index in [1.165, 1.54) is 12.1 Å². The number of rotatable bonds is 2. The van der Waals surface area contributed by atoms with Crippen LogP contribution >= 0.6 is 11.6 Å². The molecule has 0 aliphatic carbocycles. The van der Waals surface area contributed by atoms with E-state index in [4.69, 9.17) is 17.3 Å². The van der Waals surface area contributed by atoms with Gasteiger partial charge in [-0.25, -0.2) is 0 Å². The Bertz CT molecular complexity index is 349. The molecule has 1 aromatic carbocycles. The highest BCUT2D eigenvalue weighted by molar-refractivity contribution is 6.31. The van der Waals surface area contributed by atoms with Crippen LogP contribution < -0.4 is 5.73 Å². The lowest BCUT2D eigenvalue weighted by molar-refractivity contribution is -0.148. The van der Waals surface area contributed by atoms with Crippen LogP contribution in [0.4, 0.5) is 13.2 Å². The first-order valence-corrected chi connectivity index (χ1v) is 4.77. The Morgan fingerprint density at radius 3 is 2.40 bits per heavy atom. The van der Waals surface area contributed by atoms with Crippen molar-refractivity contribution in [2.45, 2.75) is 19.0 Å². The predicted molar refractivity (Wildman–Crippen MR) is 54.0 cm³/mol. The summed E-state index contributed by atoms with van der Waals surface area (Å²) in [5.74, 6) is -1.64. The molecule has 2 N–H and O–H groups in total. The zero-order chi connectivity index (χ0) is 11.6.